The first-order chi connectivity index (χ1) is 12.6. The van der Waals surface area contributed by atoms with Crippen LogP contribution in [0.5, 0.6) is 11.5 Å². The van der Waals surface area contributed by atoms with Crippen molar-refractivity contribution in [1.82, 2.24) is 10.1 Å². The molecule has 1 heterocycles. The van der Waals surface area contributed by atoms with Gasteiger partial charge in [0.05, 0.1) is 25.3 Å². The zero-order valence-corrected chi connectivity index (χ0v) is 14.7. The van der Waals surface area contributed by atoms with Gasteiger partial charge in [-0.25, -0.2) is 4.79 Å². The van der Waals surface area contributed by atoms with E-state index in [2.05, 4.69) is 10.1 Å². The van der Waals surface area contributed by atoms with E-state index in [1.165, 1.54) is 7.11 Å². The first-order valence-corrected chi connectivity index (χ1v) is 7.90. The number of hydrogen-bond donors (Lipinski definition) is 0. The van der Waals surface area contributed by atoms with Crippen LogP contribution in [0.3, 0.4) is 0 Å². The third kappa shape index (κ3) is 3.66. The van der Waals surface area contributed by atoms with Gasteiger partial charge in [0.25, 0.3) is 5.89 Å². The van der Waals surface area contributed by atoms with Crippen LogP contribution in [0.25, 0.3) is 11.4 Å². The molecule has 7 heteroatoms. The monoisotopic (exact) mass is 354 g/mol. The number of ether oxygens (including phenoxy) is 3. The van der Waals surface area contributed by atoms with Crippen molar-refractivity contribution in [3.8, 4) is 22.9 Å². The number of benzene rings is 2. The summed E-state index contributed by atoms with van der Waals surface area (Å²) in [6.45, 7) is 1.96. The van der Waals surface area contributed by atoms with Crippen molar-refractivity contribution in [1.29, 1.82) is 0 Å². The molecule has 0 N–H and O–H groups in total. The molecule has 0 fully saturated rings. The number of methoxy groups -OCH3 is 2. The van der Waals surface area contributed by atoms with Gasteiger partial charge in [-0.2, -0.15) is 4.98 Å². The number of aromatic nitrogens is 2. The number of carbonyl (C=O) groups excluding carboxylic acids is 1. The third-order valence-corrected chi connectivity index (χ3v) is 3.78. The predicted octanol–water partition coefficient (Wildman–Crippen LogP) is 3.42. The molecule has 0 atom stereocenters. The van der Waals surface area contributed by atoms with Crippen LogP contribution in [-0.2, 0) is 11.3 Å². The van der Waals surface area contributed by atoms with Crippen molar-refractivity contribution in [2.75, 3.05) is 14.2 Å². The summed E-state index contributed by atoms with van der Waals surface area (Å²) < 4.78 is 21.0. The van der Waals surface area contributed by atoms with E-state index in [1.807, 2.05) is 31.2 Å². The summed E-state index contributed by atoms with van der Waals surface area (Å²) in [4.78, 5) is 16.0. The summed E-state index contributed by atoms with van der Waals surface area (Å²) in [5, 5.41) is 3.97. The molecule has 0 spiro atoms. The zero-order valence-electron chi connectivity index (χ0n) is 14.7. The van der Waals surface area contributed by atoms with E-state index in [-0.39, 0.29) is 6.61 Å². The Balaban J connectivity index is 1.75. The molecular weight excluding hydrogens is 336 g/mol. The Morgan fingerprint density at radius 2 is 1.92 bits per heavy atom. The number of hydrogen-bond acceptors (Lipinski definition) is 7. The molecule has 0 saturated heterocycles. The average molecular weight is 354 g/mol. The number of aryl methyl sites for hydroxylation is 1. The van der Waals surface area contributed by atoms with Gasteiger partial charge in [0, 0.05) is 0 Å². The van der Waals surface area contributed by atoms with Crippen molar-refractivity contribution >= 4 is 5.97 Å². The topological polar surface area (TPSA) is 83.7 Å². The van der Waals surface area contributed by atoms with Gasteiger partial charge in [-0.05, 0) is 36.8 Å². The lowest BCUT2D eigenvalue weighted by Gasteiger charge is -2.08. The van der Waals surface area contributed by atoms with E-state index in [9.17, 15) is 4.79 Å². The summed E-state index contributed by atoms with van der Waals surface area (Å²) in [7, 11) is 2.92. The van der Waals surface area contributed by atoms with Crippen LogP contribution >= 0.6 is 0 Å². The van der Waals surface area contributed by atoms with Crippen molar-refractivity contribution in [2.45, 2.75) is 13.5 Å². The Morgan fingerprint density at radius 1 is 1.12 bits per heavy atom. The Hall–Kier alpha value is -3.35. The first-order valence-electron chi connectivity index (χ1n) is 7.90. The van der Waals surface area contributed by atoms with E-state index >= 15 is 0 Å². The van der Waals surface area contributed by atoms with Crippen LogP contribution in [0.1, 0.15) is 21.8 Å². The standard InChI is InChI=1S/C19H18N2O5/c1-12-8-9-13(19(22)24-3)10-16(12)25-11-17-20-18(21-26-17)14-6-4-5-7-15(14)23-2/h4-10H,11H2,1-3H3. The molecule has 134 valence electrons. The lowest BCUT2D eigenvalue weighted by Crippen LogP contribution is -2.03. The lowest BCUT2D eigenvalue weighted by atomic mass is 10.1. The van der Waals surface area contributed by atoms with Gasteiger partial charge in [-0.1, -0.05) is 23.4 Å². The van der Waals surface area contributed by atoms with Gasteiger partial charge in [0.15, 0.2) is 6.61 Å². The summed E-state index contributed by atoms with van der Waals surface area (Å²) >= 11 is 0. The van der Waals surface area contributed by atoms with E-state index in [1.54, 1.807) is 25.3 Å². The number of para-hydroxylation sites is 1. The van der Waals surface area contributed by atoms with Gasteiger partial charge in [0.2, 0.25) is 5.82 Å². The maximum Gasteiger partial charge on any atom is 0.337 e. The molecule has 2 aromatic carbocycles. The summed E-state index contributed by atoms with van der Waals surface area (Å²) in [5.41, 5.74) is 2.02. The molecule has 3 rings (SSSR count). The molecule has 0 unspecified atom stereocenters. The smallest absolute Gasteiger partial charge is 0.337 e. The van der Waals surface area contributed by atoms with Crippen LogP contribution in [0.2, 0.25) is 0 Å². The van der Waals surface area contributed by atoms with Crippen LogP contribution in [0.4, 0.5) is 0 Å². The Bertz CT molecular complexity index is 920. The minimum Gasteiger partial charge on any atom is -0.496 e. The fraction of sp³-hybridized carbons (Fsp3) is 0.211. The summed E-state index contributed by atoms with van der Waals surface area (Å²) in [6, 6.07) is 12.5. The molecule has 0 aliphatic heterocycles. The molecule has 0 saturated carbocycles. The van der Waals surface area contributed by atoms with Gasteiger partial charge in [-0.3, -0.25) is 0 Å². The molecule has 7 nitrogen and oxygen atoms in total. The highest BCUT2D eigenvalue weighted by Crippen LogP contribution is 2.27. The highest BCUT2D eigenvalue weighted by Gasteiger charge is 2.14. The van der Waals surface area contributed by atoms with Crippen LogP contribution in [-0.4, -0.2) is 30.3 Å². The first kappa shape index (κ1) is 17.5. The molecule has 0 aliphatic carbocycles. The third-order valence-electron chi connectivity index (χ3n) is 3.78. The quantitative estimate of drug-likeness (QED) is 0.627. The molecule has 1 aromatic heterocycles. The maximum atomic E-state index is 11.6. The maximum absolute atomic E-state index is 11.6. The Labute approximate surface area is 150 Å². The predicted molar refractivity (Wildman–Crippen MR) is 93.1 cm³/mol. The lowest BCUT2D eigenvalue weighted by molar-refractivity contribution is 0.0600. The molecule has 3 aromatic rings. The van der Waals surface area contributed by atoms with Gasteiger partial charge < -0.3 is 18.7 Å². The van der Waals surface area contributed by atoms with E-state index in [4.69, 9.17) is 18.7 Å². The highest BCUT2D eigenvalue weighted by atomic mass is 16.5. The van der Waals surface area contributed by atoms with Gasteiger partial charge in [0.1, 0.15) is 11.5 Å². The number of carbonyl (C=O) groups is 1. The minimum atomic E-state index is -0.425. The van der Waals surface area contributed by atoms with Crippen LogP contribution in [0, 0.1) is 6.92 Å². The molecular formula is C19H18N2O5. The second kappa shape index (κ2) is 7.69. The summed E-state index contributed by atoms with van der Waals surface area (Å²) in [6.07, 6.45) is 0. The van der Waals surface area contributed by atoms with E-state index < -0.39 is 5.97 Å². The number of rotatable bonds is 6. The Morgan fingerprint density at radius 3 is 2.69 bits per heavy atom. The molecule has 26 heavy (non-hydrogen) atoms. The van der Waals surface area contributed by atoms with Crippen molar-refractivity contribution in [3.05, 3.63) is 59.5 Å². The minimum absolute atomic E-state index is 0.0770. The second-order valence-electron chi connectivity index (χ2n) is 5.47. The van der Waals surface area contributed by atoms with Gasteiger partial charge >= 0.3 is 5.97 Å². The normalized spacial score (nSPS) is 10.4. The molecule has 0 amide bonds. The average Bonchev–Trinajstić information content (AvgIpc) is 3.15. The Kier molecular flexibility index (Phi) is 5.17. The van der Waals surface area contributed by atoms with Crippen molar-refractivity contribution < 1.29 is 23.5 Å². The zero-order chi connectivity index (χ0) is 18.5. The highest BCUT2D eigenvalue weighted by molar-refractivity contribution is 5.89. The molecule has 0 aliphatic rings. The fourth-order valence-corrected chi connectivity index (χ4v) is 2.39. The molecule has 0 radical (unpaired) electrons. The van der Waals surface area contributed by atoms with Crippen molar-refractivity contribution in [3.63, 3.8) is 0 Å². The summed E-state index contributed by atoms with van der Waals surface area (Å²) in [5.74, 6) is 1.51. The van der Waals surface area contributed by atoms with E-state index in [0.717, 1.165) is 11.1 Å². The SMILES string of the molecule is COC(=O)c1ccc(C)c(OCc2nc(-c3ccccc3OC)no2)c1. The molecule has 0 bridgehead atoms. The van der Waals surface area contributed by atoms with Gasteiger partial charge in [-0.15, -0.1) is 0 Å². The van der Waals surface area contributed by atoms with Crippen molar-refractivity contribution in [2.24, 2.45) is 0 Å². The van der Waals surface area contributed by atoms with E-state index in [0.29, 0.717) is 28.8 Å². The number of nitrogens with zero attached hydrogens (tertiary/aromatic N) is 2. The number of esters is 1. The largest absolute Gasteiger partial charge is 0.496 e. The fourth-order valence-electron chi connectivity index (χ4n) is 2.39. The van der Waals surface area contributed by atoms with Crippen LogP contribution < -0.4 is 9.47 Å². The van der Waals surface area contributed by atoms with Crippen LogP contribution in [0.15, 0.2) is 47.0 Å². The second-order valence-corrected chi connectivity index (χ2v) is 5.47.